The third-order valence-corrected chi connectivity index (χ3v) is 5.95. The highest BCUT2D eigenvalue weighted by Crippen LogP contribution is 2.14. The Morgan fingerprint density at radius 1 is 1.03 bits per heavy atom. The number of aryl methyl sites for hydroxylation is 1. The molecule has 1 N–H and O–H groups in total. The molecule has 0 unspecified atom stereocenters. The van der Waals surface area contributed by atoms with Gasteiger partial charge in [0, 0.05) is 52.7 Å². The summed E-state index contributed by atoms with van der Waals surface area (Å²) in [6.45, 7) is 6.75. The van der Waals surface area contributed by atoms with Gasteiger partial charge in [-0.25, -0.2) is 0 Å². The monoisotopic (exact) mass is 407 g/mol. The molecular formula is C23H33N7. The molecule has 3 heterocycles. The SMILES string of the molecule is CN=C(NCc1nnc2n1CCCCC2)N1CCN(C/C=C/c2ccccc2)CC1. The first-order chi connectivity index (χ1) is 14.8. The average Bonchev–Trinajstić information content (AvgIpc) is 3.02. The molecule has 0 atom stereocenters. The van der Waals surface area contributed by atoms with E-state index in [-0.39, 0.29) is 0 Å². The number of benzene rings is 1. The lowest BCUT2D eigenvalue weighted by molar-refractivity contribution is 0.194. The second-order valence-electron chi connectivity index (χ2n) is 8.00. The maximum absolute atomic E-state index is 4.51. The molecule has 2 aromatic rings. The first-order valence-electron chi connectivity index (χ1n) is 11.1. The van der Waals surface area contributed by atoms with Crippen molar-refractivity contribution in [2.24, 2.45) is 4.99 Å². The van der Waals surface area contributed by atoms with Gasteiger partial charge in [-0.2, -0.15) is 0 Å². The highest BCUT2D eigenvalue weighted by Gasteiger charge is 2.20. The van der Waals surface area contributed by atoms with Crippen molar-refractivity contribution in [2.75, 3.05) is 39.8 Å². The molecule has 7 nitrogen and oxygen atoms in total. The van der Waals surface area contributed by atoms with E-state index < -0.39 is 0 Å². The van der Waals surface area contributed by atoms with Crippen LogP contribution in [0.5, 0.6) is 0 Å². The van der Waals surface area contributed by atoms with Gasteiger partial charge in [0.05, 0.1) is 6.54 Å². The average molecular weight is 408 g/mol. The van der Waals surface area contributed by atoms with E-state index in [9.17, 15) is 0 Å². The van der Waals surface area contributed by atoms with Gasteiger partial charge in [0.1, 0.15) is 5.82 Å². The number of hydrogen-bond acceptors (Lipinski definition) is 4. The largest absolute Gasteiger partial charge is 0.349 e. The number of aliphatic imine (C=N–C) groups is 1. The topological polar surface area (TPSA) is 61.6 Å². The van der Waals surface area contributed by atoms with Gasteiger partial charge >= 0.3 is 0 Å². The number of guanidine groups is 1. The number of rotatable bonds is 5. The standard InChI is InChI=1S/C23H33N7/c1-24-23(25-19-22-27-26-21-12-6-3-7-14-30(21)22)29-17-15-28(16-18-29)13-8-11-20-9-4-2-5-10-20/h2,4-5,8-11H,3,6-7,12-19H2,1H3,(H,24,25)/b11-8+. The van der Waals surface area contributed by atoms with Gasteiger partial charge < -0.3 is 14.8 Å². The van der Waals surface area contributed by atoms with Gasteiger partial charge in [0.2, 0.25) is 0 Å². The first kappa shape index (κ1) is 20.6. The summed E-state index contributed by atoms with van der Waals surface area (Å²) in [6.07, 6.45) is 9.22. The Balaban J connectivity index is 1.24. The molecule has 0 radical (unpaired) electrons. The summed E-state index contributed by atoms with van der Waals surface area (Å²) in [5, 5.41) is 12.3. The third-order valence-electron chi connectivity index (χ3n) is 5.95. The second-order valence-corrected chi connectivity index (χ2v) is 8.00. The zero-order valence-electron chi connectivity index (χ0n) is 18.0. The summed E-state index contributed by atoms with van der Waals surface area (Å²) >= 11 is 0. The van der Waals surface area contributed by atoms with Crippen molar-refractivity contribution in [3.63, 3.8) is 0 Å². The molecule has 2 aliphatic heterocycles. The maximum atomic E-state index is 4.51. The molecule has 0 aliphatic carbocycles. The lowest BCUT2D eigenvalue weighted by atomic mass is 10.2. The Hall–Kier alpha value is -2.67. The molecular weight excluding hydrogens is 374 g/mol. The molecule has 0 saturated carbocycles. The summed E-state index contributed by atoms with van der Waals surface area (Å²) in [6, 6.07) is 10.5. The van der Waals surface area contributed by atoms with Crippen molar-refractivity contribution in [3.8, 4) is 0 Å². The fourth-order valence-corrected chi connectivity index (χ4v) is 4.21. The fraction of sp³-hybridized carbons (Fsp3) is 0.522. The molecule has 2 aliphatic rings. The van der Waals surface area contributed by atoms with Crippen LogP contribution in [-0.2, 0) is 19.5 Å². The van der Waals surface area contributed by atoms with E-state index in [4.69, 9.17) is 0 Å². The lowest BCUT2D eigenvalue weighted by Gasteiger charge is -2.36. The smallest absolute Gasteiger partial charge is 0.194 e. The summed E-state index contributed by atoms with van der Waals surface area (Å²) in [5.74, 6) is 3.12. The van der Waals surface area contributed by atoms with Gasteiger partial charge in [-0.1, -0.05) is 48.9 Å². The third kappa shape index (κ3) is 5.27. The van der Waals surface area contributed by atoms with Crippen molar-refractivity contribution in [2.45, 2.75) is 38.8 Å². The van der Waals surface area contributed by atoms with Gasteiger partial charge in [0.15, 0.2) is 11.8 Å². The van der Waals surface area contributed by atoms with Gasteiger partial charge in [0.25, 0.3) is 0 Å². The number of piperazine rings is 1. The van der Waals surface area contributed by atoms with Crippen LogP contribution in [0, 0.1) is 0 Å². The Labute approximate surface area is 179 Å². The van der Waals surface area contributed by atoms with Crippen LogP contribution in [0.2, 0.25) is 0 Å². The minimum absolute atomic E-state index is 0.680. The van der Waals surface area contributed by atoms with Crippen LogP contribution < -0.4 is 5.32 Å². The van der Waals surface area contributed by atoms with Crippen LogP contribution in [0.25, 0.3) is 6.08 Å². The zero-order chi connectivity index (χ0) is 20.6. The van der Waals surface area contributed by atoms with E-state index in [1.165, 1.54) is 24.8 Å². The van der Waals surface area contributed by atoms with Gasteiger partial charge in [-0.15, -0.1) is 10.2 Å². The van der Waals surface area contributed by atoms with Crippen LogP contribution in [0.4, 0.5) is 0 Å². The minimum atomic E-state index is 0.680. The molecule has 1 aromatic heterocycles. The minimum Gasteiger partial charge on any atom is -0.349 e. The van der Waals surface area contributed by atoms with E-state index in [1.54, 1.807) is 0 Å². The molecule has 1 saturated heterocycles. The predicted molar refractivity (Wildman–Crippen MR) is 121 cm³/mol. The first-order valence-corrected chi connectivity index (χ1v) is 11.1. The highest BCUT2D eigenvalue weighted by molar-refractivity contribution is 5.79. The lowest BCUT2D eigenvalue weighted by Crippen LogP contribution is -2.52. The molecule has 0 amide bonds. The fourth-order valence-electron chi connectivity index (χ4n) is 4.21. The van der Waals surface area contributed by atoms with Gasteiger partial charge in [-0.3, -0.25) is 9.89 Å². The van der Waals surface area contributed by atoms with E-state index in [0.717, 1.165) is 63.3 Å². The Morgan fingerprint density at radius 2 is 1.87 bits per heavy atom. The maximum Gasteiger partial charge on any atom is 0.194 e. The number of nitrogens with zero attached hydrogens (tertiary/aromatic N) is 6. The predicted octanol–water partition coefficient (Wildman–Crippen LogP) is 2.41. The molecule has 0 bridgehead atoms. The number of nitrogens with one attached hydrogen (secondary N) is 1. The number of hydrogen-bond donors (Lipinski definition) is 1. The summed E-state index contributed by atoms with van der Waals surface area (Å²) in [7, 11) is 1.86. The van der Waals surface area contributed by atoms with Crippen molar-refractivity contribution in [1.82, 2.24) is 29.9 Å². The van der Waals surface area contributed by atoms with Crippen molar-refractivity contribution >= 4 is 12.0 Å². The van der Waals surface area contributed by atoms with E-state index in [1.807, 2.05) is 7.05 Å². The van der Waals surface area contributed by atoms with Crippen LogP contribution in [0.15, 0.2) is 41.4 Å². The van der Waals surface area contributed by atoms with E-state index in [0.29, 0.717) is 6.54 Å². The van der Waals surface area contributed by atoms with Crippen LogP contribution in [0.3, 0.4) is 0 Å². The Bertz CT molecular complexity index is 848. The summed E-state index contributed by atoms with van der Waals surface area (Å²) < 4.78 is 2.30. The summed E-state index contributed by atoms with van der Waals surface area (Å²) in [4.78, 5) is 9.34. The normalized spacial score (nSPS) is 18.4. The molecule has 1 fully saturated rings. The second kappa shape index (κ2) is 10.4. The van der Waals surface area contributed by atoms with E-state index in [2.05, 4.69) is 77.4 Å². The van der Waals surface area contributed by atoms with Crippen LogP contribution in [-0.4, -0.2) is 70.3 Å². The number of fused-ring (bicyclic) bond motifs is 1. The molecule has 0 spiro atoms. The number of aromatic nitrogens is 3. The van der Waals surface area contributed by atoms with Gasteiger partial charge in [-0.05, 0) is 18.4 Å². The molecule has 160 valence electrons. The molecule has 4 rings (SSSR count). The van der Waals surface area contributed by atoms with E-state index >= 15 is 0 Å². The highest BCUT2D eigenvalue weighted by atomic mass is 15.4. The Morgan fingerprint density at radius 3 is 2.67 bits per heavy atom. The summed E-state index contributed by atoms with van der Waals surface area (Å²) in [5.41, 5.74) is 1.26. The van der Waals surface area contributed by atoms with Crippen molar-refractivity contribution in [1.29, 1.82) is 0 Å². The quantitative estimate of drug-likeness (QED) is 0.609. The Kier molecular flexibility index (Phi) is 7.13. The van der Waals surface area contributed by atoms with Crippen molar-refractivity contribution in [3.05, 3.63) is 53.6 Å². The molecule has 30 heavy (non-hydrogen) atoms. The molecule has 7 heteroatoms. The van der Waals surface area contributed by atoms with Crippen LogP contribution in [0.1, 0.15) is 36.5 Å². The zero-order valence-corrected chi connectivity index (χ0v) is 18.0. The van der Waals surface area contributed by atoms with Crippen LogP contribution >= 0.6 is 0 Å². The molecule has 1 aromatic carbocycles. The van der Waals surface area contributed by atoms with Crippen molar-refractivity contribution < 1.29 is 0 Å².